The Balaban J connectivity index is 2.18. The quantitative estimate of drug-likeness (QED) is 0.736. The maximum absolute atomic E-state index is 4.00. The van der Waals surface area contributed by atoms with Crippen molar-refractivity contribution in [2.45, 2.75) is 18.2 Å². The molecule has 0 atom stereocenters. The topological polar surface area (TPSA) is 43.6 Å². The summed E-state index contributed by atoms with van der Waals surface area (Å²) in [6, 6.07) is 6.41. The molecule has 0 unspecified atom stereocenters. The van der Waals surface area contributed by atoms with Crippen LogP contribution in [-0.4, -0.2) is 20.2 Å². The van der Waals surface area contributed by atoms with Gasteiger partial charge in [-0.25, -0.2) is 0 Å². The highest BCUT2D eigenvalue weighted by molar-refractivity contribution is 9.08. The van der Waals surface area contributed by atoms with Gasteiger partial charge in [-0.15, -0.1) is 5.10 Å². The molecule has 0 spiro atoms. The van der Waals surface area contributed by atoms with Gasteiger partial charge in [0.25, 0.3) is 0 Å². The van der Waals surface area contributed by atoms with E-state index in [2.05, 4.69) is 49.7 Å². The molecule has 0 N–H and O–H groups in total. The van der Waals surface area contributed by atoms with Crippen molar-refractivity contribution < 1.29 is 0 Å². The van der Waals surface area contributed by atoms with Gasteiger partial charge in [0.1, 0.15) is 0 Å². The third kappa shape index (κ3) is 1.38. The molecular formula is C10H9BrN4. The molecule has 76 valence electrons. The zero-order valence-corrected chi connectivity index (χ0v) is 9.61. The highest BCUT2D eigenvalue weighted by atomic mass is 79.9. The van der Waals surface area contributed by atoms with Crippen molar-refractivity contribution in [1.82, 2.24) is 20.2 Å². The van der Waals surface area contributed by atoms with Crippen LogP contribution in [0, 0.1) is 0 Å². The Kier molecular flexibility index (Phi) is 2.05. The molecule has 3 rings (SSSR count). The summed E-state index contributed by atoms with van der Waals surface area (Å²) in [4.78, 5) is 0. The van der Waals surface area contributed by atoms with Crippen LogP contribution in [0.25, 0.3) is 5.69 Å². The smallest absolute Gasteiger partial charge is 0.157 e. The van der Waals surface area contributed by atoms with Gasteiger partial charge in [-0.05, 0) is 34.0 Å². The lowest BCUT2D eigenvalue weighted by Gasteiger charge is -2.16. The average Bonchev–Trinajstić information content (AvgIpc) is 2.76. The Labute approximate surface area is 95.4 Å². The third-order valence-corrected chi connectivity index (χ3v) is 3.33. The molecule has 0 radical (unpaired) electrons. The highest BCUT2D eigenvalue weighted by Gasteiger charge is 2.17. The van der Waals surface area contributed by atoms with Crippen molar-refractivity contribution in [2.24, 2.45) is 0 Å². The number of hydrogen-bond donors (Lipinski definition) is 0. The van der Waals surface area contributed by atoms with Gasteiger partial charge in [-0.1, -0.05) is 28.1 Å². The minimum atomic E-state index is 0.892. The number of tetrazole rings is 1. The zero-order valence-electron chi connectivity index (χ0n) is 8.02. The predicted octanol–water partition coefficient (Wildman–Crippen LogP) is 1.66. The maximum atomic E-state index is 4.00. The van der Waals surface area contributed by atoms with Crippen LogP contribution in [0.2, 0.25) is 0 Å². The first-order valence-corrected chi connectivity index (χ1v) is 5.96. The lowest BCUT2D eigenvalue weighted by Crippen LogP contribution is -2.13. The Hall–Kier alpha value is -1.23. The molecule has 4 nitrogen and oxygen atoms in total. The largest absolute Gasteiger partial charge is 0.197 e. The number of alkyl halides is 1. The van der Waals surface area contributed by atoms with E-state index in [9.17, 15) is 0 Å². The van der Waals surface area contributed by atoms with E-state index in [1.54, 1.807) is 0 Å². The molecule has 1 aromatic heterocycles. The van der Waals surface area contributed by atoms with Crippen LogP contribution in [-0.2, 0) is 18.2 Å². The van der Waals surface area contributed by atoms with Gasteiger partial charge in [0.05, 0.1) is 5.69 Å². The van der Waals surface area contributed by atoms with Gasteiger partial charge in [-0.3, -0.25) is 0 Å². The minimum Gasteiger partial charge on any atom is -0.197 e. The van der Waals surface area contributed by atoms with Gasteiger partial charge < -0.3 is 0 Å². The molecule has 0 fully saturated rings. The van der Waals surface area contributed by atoms with Gasteiger partial charge >= 0.3 is 0 Å². The Bertz CT molecular complexity index is 506. The van der Waals surface area contributed by atoms with E-state index in [0.717, 1.165) is 29.7 Å². The van der Waals surface area contributed by atoms with Crippen LogP contribution >= 0.6 is 15.9 Å². The summed E-state index contributed by atoms with van der Waals surface area (Å²) in [5.74, 6) is 0.953. The number of halogens is 1. The fourth-order valence-corrected chi connectivity index (χ4v) is 2.27. The number of hydrogen-bond acceptors (Lipinski definition) is 3. The van der Waals surface area contributed by atoms with E-state index in [1.165, 1.54) is 11.1 Å². The Morgan fingerprint density at radius 1 is 1.33 bits per heavy atom. The Morgan fingerprint density at radius 3 is 3.13 bits per heavy atom. The lowest BCUT2D eigenvalue weighted by atomic mass is 10.0. The summed E-state index contributed by atoms with van der Waals surface area (Å²) < 4.78 is 1.83. The molecular weight excluding hydrogens is 256 g/mol. The number of aromatic nitrogens is 4. The van der Waals surface area contributed by atoms with Crippen LogP contribution in [0.3, 0.4) is 0 Å². The molecule has 15 heavy (non-hydrogen) atoms. The molecule has 0 amide bonds. The van der Waals surface area contributed by atoms with Gasteiger partial charge in [0.15, 0.2) is 5.82 Å². The first-order valence-electron chi connectivity index (χ1n) is 4.84. The van der Waals surface area contributed by atoms with Crippen LogP contribution in [0.4, 0.5) is 0 Å². The van der Waals surface area contributed by atoms with Crippen LogP contribution < -0.4 is 0 Å². The van der Waals surface area contributed by atoms with Gasteiger partial charge in [0, 0.05) is 11.8 Å². The normalized spacial score (nSPS) is 13.4. The number of fused-ring (bicyclic) bond motifs is 3. The molecule has 0 bridgehead atoms. The molecule has 2 heterocycles. The highest BCUT2D eigenvalue weighted by Crippen LogP contribution is 2.23. The van der Waals surface area contributed by atoms with Crippen LogP contribution in [0.5, 0.6) is 0 Å². The first kappa shape index (κ1) is 9.03. The Morgan fingerprint density at radius 2 is 2.27 bits per heavy atom. The SMILES string of the molecule is BrCc1ccc2c(c1)CCc1nnnn1-2. The molecule has 1 aliphatic heterocycles. The molecule has 2 aromatic rings. The second-order valence-electron chi connectivity index (χ2n) is 3.60. The van der Waals surface area contributed by atoms with Crippen molar-refractivity contribution in [3.05, 3.63) is 35.2 Å². The van der Waals surface area contributed by atoms with Crippen molar-refractivity contribution in [3.8, 4) is 5.69 Å². The number of rotatable bonds is 1. The van der Waals surface area contributed by atoms with Gasteiger partial charge in [0.2, 0.25) is 0 Å². The van der Waals surface area contributed by atoms with Gasteiger partial charge in [-0.2, -0.15) is 4.68 Å². The monoisotopic (exact) mass is 264 g/mol. The third-order valence-electron chi connectivity index (χ3n) is 2.68. The molecule has 0 saturated heterocycles. The number of nitrogens with zero attached hydrogens (tertiary/aromatic N) is 4. The van der Waals surface area contributed by atoms with Crippen molar-refractivity contribution in [1.29, 1.82) is 0 Å². The summed E-state index contributed by atoms with van der Waals surface area (Å²) in [7, 11) is 0. The van der Waals surface area contributed by atoms with Crippen molar-refractivity contribution >= 4 is 15.9 Å². The van der Waals surface area contributed by atoms with E-state index in [-0.39, 0.29) is 0 Å². The number of aryl methyl sites for hydroxylation is 2. The lowest BCUT2D eigenvalue weighted by molar-refractivity contribution is 0.710. The van der Waals surface area contributed by atoms with Crippen LogP contribution in [0.15, 0.2) is 18.2 Å². The first-order chi connectivity index (χ1) is 7.38. The molecule has 1 aromatic carbocycles. The summed E-state index contributed by atoms with van der Waals surface area (Å²) >= 11 is 3.46. The predicted molar refractivity (Wildman–Crippen MR) is 59.2 cm³/mol. The minimum absolute atomic E-state index is 0.892. The molecule has 1 aliphatic rings. The van der Waals surface area contributed by atoms with Crippen molar-refractivity contribution in [2.75, 3.05) is 0 Å². The second kappa shape index (κ2) is 3.41. The van der Waals surface area contributed by atoms with E-state index in [1.807, 2.05) is 4.68 Å². The number of benzene rings is 1. The summed E-state index contributed by atoms with van der Waals surface area (Å²) in [6.45, 7) is 0. The van der Waals surface area contributed by atoms with E-state index >= 15 is 0 Å². The second-order valence-corrected chi connectivity index (χ2v) is 4.16. The zero-order chi connectivity index (χ0) is 10.3. The van der Waals surface area contributed by atoms with E-state index in [4.69, 9.17) is 0 Å². The summed E-state index contributed by atoms with van der Waals surface area (Å²) in [6.07, 6.45) is 1.95. The average molecular weight is 265 g/mol. The standard InChI is InChI=1S/C10H9BrN4/c11-6-7-1-3-9-8(5-7)2-4-10-12-13-14-15(9)10/h1,3,5H,2,4,6H2. The van der Waals surface area contributed by atoms with Crippen molar-refractivity contribution in [3.63, 3.8) is 0 Å². The van der Waals surface area contributed by atoms with E-state index < -0.39 is 0 Å². The summed E-state index contributed by atoms with van der Waals surface area (Å²) in [5, 5.41) is 12.6. The fraction of sp³-hybridized carbons (Fsp3) is 0.300. The maximum Gasteiger partial charge on any atom is 0.157 e. The fourth-order valence-electron chi connectivity index (χ4n) is 1.92. The molecule has 5 heteroatoms. The summed E-state index contributed by atoms with van der Waals surface area (Å²) in [5.41, 5.74) is 3.74. The van der Waals surface area contributed by atoms with E-state index in [0.29, 0.717) is 0 Å². The molecule has 0 aliphatic carbocycles. The molecule has 0 saturated carbocycles. The van der Waals surface area contributed by atoms with Crippen LogP contribution in [0.1, 0.15) is 17.0 Å².